The molecular weight excluding hydrogens is 266 g/mol. The molecule has 1 aliphatic rings. The number of aromatic nitrogens is 2. The molecular formula is C12H17N3O5. The normalized spacial score (nSPS) is 22.4. The van der Waals surface area contributed by atoms with Crippen LogP contribution in [0.4, 0.5) is 0 Å². The van der Waals surface area contributed by atoms with E-state index in [1.165, 1.54) is 12.0 Å². The number of methoxy groups -OCH3 is 1. The van der Waals surface area contributed by atoms with E-state index in [0.29, 0.717) is 18.1 Å². The number of amides is 1. The van der Waals surface area contributed by atoms with Crippen LogP contribution < -0.4 is 0 Å². The molecule has 2 rings (SSSR count). The molecule has 0 aliphatic heterocycles. The quantitative estimate of drug-likeness (QED) is 0.808. The highest BCUT2D eigenvalue weighted by Crippen LogP contribution is 2.40. The van der Waals surface area contributed by atoms with E-state index in [1.54, 1.807) is 14.0 Å². The summed E-state index contributed by atoms with van der Waals surface area (Å²) in [6, 6.07) is 0. The largest absolute Gasteiger partial charge is 0.481 e. The lowest BCUT2D eigenvalue weighted by Gasteiger charge is -2.14. The molecule has 0 aromatic carbocycles. The molecule has 1 aromatic heterocycles. The molecule has 1 saturated carbocycles. The second-order valence-electron chi connectivity index (χ2n) is 4.91. The Hall–Kier alpha value is -1.96. The summed E-state index contributed by atoms with van der Waals surface area (Å²) in [6.07, 6.45) is 0.113. The Balaban J connectivity index is 1.91. The van der Waals surface area contributed by atoms with Crippen LogP contribution in [0.25, 0.3) is 0 Å². The van der Waals surface area contributed by atoms with Gasteiger partial charge in [-0.15, -0.1) is 0 Å². The van der Waals surface area contributed by atoms with Crippen LogP contribution in [0.15, 0.2) is 4.52 Å². The molecule has 0 saturated heterocycles. The smallest absolute Gasteiger partial charge is 0.307 e. The Labute approximate surface area is 115 Å². The Morgan fingerprint density at radius 2 is 2.25 bits per heavy atom. The molecule has 3 atom stereocenters. The molecule has 1 heterocycles. The van der Waals surface area contributed by atoms with Crippen LogP contribution in [0.3, 0.4) is 0 Å². The molecule has 0 radical (unpaired) electrons. The van der Waals surface area contributed by atoms with Crippen molar-refractivity contribution in [2.45, 2.75) is 26.0 Å². The first-order chi connectivity index (χ1) is 9.43. The molecule has 8 heteroatoms. The summed E-state index contributed by atoms with van der Waals surface area (Å²) in [5, 5.41) is 12.6. The maximum absolute atomic E-state index is 12.0. The number of rotatable bonds is 6. The van der Waals surface area contributed by atoms with Crippen molar-refractivity contribution in [1.29, 1.82) is 0 Å². The summed E-state index contributed by atoms with van der Waals surface area (Å²) in [7, 11) is 3.12. The van der Waals surface area contributed by atoms with Crippen molar-refractivity contribution in [2.24, 2.45) is 11.8 Å². The first-order valence-corrected chi connectivity index (χ1v) is 6.27. The van der Waals surface area contributed by atoms with Crippen LogP contribution in [0, 0.1) is 11.8 Å². The number of hydrogen-bond acceptors (Lipinski definition) is 6. The fourth-order valence-corrected chi connectivity index (χ4v) is 1.91. The maximum atomic E-state index is 12.0. The molecule has 8 nitrogen and oxygen atoms in total. The van der Waals surface area contributed by atoms with Gasteiger partial charge in [-0.2, -0.15) is 4.98 Å². The molecule has 1 amide bonds. The van der Waals surface area contributed by atoms with Crippen molar-refractivity contribution in [2.75, 3.05) is 14.2 Å². The van der Waals surface area contributed by atoms with Gasteiger partial charge in [0.25, 0.3) is 0 Å². The standard InChI is InChI=1S/C12H17N3O5/c1-6(19-3)10-13-9(20-14-10)5-15(2)11(16)7-4-8(7)12(17)18/h6-8H,4-5H2,1-3H3,(H,17,18)/t6-,7-,8-/m1/s1. The average molecular weight is 283 g/mol. The van der Waals surface area contributed by atoms with Gasteiger partial charge in [-0.05, 0) is 13.3 Å². The van der Waals surface area contributed by atoms with Crippen molar-refractivity contribution in [1.82, 2.24) is 15.0 Å². The average Bonchev–Trinajstić information content (AvgIpc) is 3.10. The predicted molar refractivity (Wildman–Crippen MR) is 65.4 cm³/mol. The summed E-state index contributed by atoms with van der Waals surface area (Å²) in [4.78, 5) is 28.2. The summed E-state index contributed by atoms with van der Waals surface area (Å²) in [5.74, 6) is -1.41. The number of carbonyl (C=O) groups excluding carboxylic acids is 1. The zero-order valence-electron chi connectivity index (χ0n) is 11.6. The highest BCUT2D eigenvalue weighted by atomic mass is 16.5. The molecule has 0 spiro atoms. The van der Waals surface area contributed by atoms with Gasteiger partial charge in [0.15, 0.2) is 5.82 Å². The van der Waals surface area contributed by atoms with E-state index in [2.05, 4.69) is 10.1 Å². The Morgan fingerprint density at radius 3 is 2.80 bits per heavy atom. The molecule has 1 aliphatic carbocycles. The Morgan fingerprint density at radius 1 is 1.55 bits per heavy atom. The van der Waals surface area contributed by atoms with Gasteiger partial charge < -0.3 is 19.3 Å². The fraction of sp³-hybridized carbons (Fsp3) is 0.667. The zero-order valence-corrected chi connectivity index (χ0v) is 11.6. The molecule has 0 unspecified atom stereocenters. The maximum Gasteiger partial charge on any atom is 0.307 e. The van der Waals surface area contributed by atoms with Crippen LogP contribution in [0.5, 0.6) is 0 Å². The van der Waals surface area contributed by atoms with Crippen LogP contribution >= 0.6 is 0 Å². The lowest BCUT2D eigenvalue weighted by Crippen LogP contribution is -2.29. The van der Waals surface area contributed by atoms with Gasteiger partial charge in [-0.1, -0.05) is 5.16 Å². The van der Waals surface area contributed by atoms with Gasteiger partial charge in [-0.3, -0.25) is 9.59 Å². The summed E-state index contributed by atoms with van der Waals surface area (Å²) in [5.41, 5.74) is 0. The van der Waals surface area contributed by atoms with Gasteiger partial charge in [0, 0.05) is 14.2 Å². The third kappa shape index (κ3) is 2.96. The SMILES string of the molecule is CO[C@H](C)c1noc(CN(C)C(=O)[C@@H]2C[C@H]2C(=O)O)n1. The number of carboxylic acids is 1. The molecule has 1 fully saturated rings. The lowest BCUT2D eigenvalue weighted by molar-refractivity contribution is -0.141. The molecule has 1 aromatic rings. The van der Waals surface area contributed by atoms with Gasteiger partial charge in [-0.25, -0.2) is 0 Å². The summed E-state index contributed by atoms with van der Waals surface area (Å²) >= 11 is 0. The second-order valence-corrected chi connectivity index (χ2v) is 4.91. The first-order valence-electron chi connectivity index (χ1n) is 6.27. The predicted octanol–water partition coefficient (Wildman–Crippen LogP) is 0.456. The minimum absolute atomic E-state index is 0.158. The molecule has 110 valence electrons. The van der Waals surface area contributed by atoms with Gasteiger partial charge >= 0.3 is 5.97 Å². The van der Waals surface area contributed by atoms with Crippen LogP contribution in [0.1, 0.15) is 31.2 Å². The van der Waals surface area contributed by atoms with Crippen LogP contribution in [-0.2, 0) is 20.9 Å². The van der Waals surface area contributed by atoms with Crippen molar-refractivity contribution in [3.05, 3.63) is 11.7 Å². The van der Waals surface area contributed by atoms with E-state index in [-0.39, 0.29) is 18.6 Å². The summed E-state index contributed by atoms with van der Waals surface area (Å²) < 4.78 is 10.1. The van der Waals surface area contributed by atoms with Crippen molar-refractivity contribution >= 4 is 11.9 Å². The third-order valence-electron chi connectivity index (χ3n) is 3.37. The minimum atomic E-state index is -0.925. The van der Waals surface area contributed by atoms with Crippen LogP contribution in [-0.4, -0.2) is 46.2 Å². The topological polar surface area (TPSA) is 106 Å². The van der Waals surface area contributed by atoms with E-state index >= 15 is 0 Å². The van der Waals surface area contributed by atoms with Crippen molar-refractivity contribution < 1.29 is 24.0 Å². The van der Waals surface area contributed by atoms with E-state index in [9.17, 15) is 9.59 Å². The van der Waals surface area contributed by atoms with Crippen LogP contribution in [0.2, 0.25) is 0 Å². The lowest BCUT2D eigenvalue weighted by atomic mass is 10.3. The molecule has 0 bridgehead atoms. The van der Waals surface area contributed by atoms with Gasteiger partial charge in [0.05, 0.1) is 18.4 Å². The second kappa shape index (κ2) is 5.58. The number of hydrogen-bond donors (Lipinski definition) is 1. The third-order valence-corrected chi connectivity index (χ3v) is 3.37. The Kier molecular flexibility index (Phi) is 4.03. The minimum Gasteiger partial charge on any atom is -0.481 e. The fourth-order valence-electron chi connectivity index (χ4n) is 1.91. The highest BCUT2D eigenvalue weighted by molar-refractivity contribution is 5.89. The van der Waals surface area contributed by atoms with Gasteiger partial charge in [0.2, 0.25) is 11.8 Å². The van der Waals surface area contributed by atoms with E-state index in [0.717, 1.165) is 0 Å². The highest BCUT2D eigenvalue weighted by Gasteiger charge is 2.49. The number of carboxylic acid groups (broad SMARTS) is 1. The number of nitrogens with zero attached hydrogens (tertiary/aromatic N) is 3. The number of aliphatic carboxylic acids is 1. The number of carbonyl (C=O) groups is 2. The monoisotopic (exact) mass is 283 g/mol. The molecule has 20 heavy (non-hydrogen) atoms. The number of ether oxygens (including phenoxy) is 1. The van der Waals surface area contributed by atoms with Crippen molar-refractivity contribution in [3.8, 4) is 0 Å². The van der Waals surface area contributed by atoms with E-state index < -0.39 is 17.8 Å². The van der Waals surface area contributed by atoms with Crippen molar-refractivity contribution in [3.63, 3.8) is 0 Å². The van der Waals surface area contributed by atoms with E-state index in [4.69, 9.17) is 14.4 Å². The Bertz CT molecular complexity index is 515. The molecule has 1 N–H and O–H groups in total. The van der Waals surface area contributed by atoms with Gasteiger partial charge in [0.1, 0.15) is 6.10 Å². The van der Waals surface area contributed by atoms with E-state index in [1.807, 2.05) is 0 Å². The summed E-state index contributed by atoms with van der Waals surface area (Å²) in [6.45, 7) is 1.94. The first kappa shape index (κ1) is 14.4. The zero-order chi connectivity index (χ0) is 14.9.